The number of nitrogens with zero attached hydrogens (tertiary/aromatic N) is 2. The summed E-state index contributed by atoms with van der Waals surface area (Å²) in [4.78, 5) is 34.0. The molecule has 0 saturated carbocycles. The summed E-state index contributed by atoms with van der Waals surface area (Å²) in [5.41, 5.74) is 13.4. The number of ether oxygens (including phenoxy) is 1. The van der Waals surface area contributed by atoms with E-state index in [4.69, 9.17) is 15.5 Å². The molecule has 0 aliphatic rings. The highest BCUT2D eigenvalue weighted by molar-refractivity contribution is 7.09. The number of aryl methyl sites for hydroxylation is 2. The van der Waals surface area contributed by atoms with E-state index in [1.54, 1.807) is 12.3 Å². The van der Waals surface area contributed by atoms with E-state index in [1.807, 2.05) is 6.92 Å². The Labute approximate surface area is 211 Å². The predicted molar refractivity (Wildman–Crippen MR) is 139 cm³/mol. The number of carbonyl (C=O) groups excluding carboxylic acids is 2. The molecule has 3 N–H and O–H groups in total. The minimum Gasteiger partial charge on any atom is -0.461 e. The predicted octanol–water partition coefficient (Wildman–Crippen LogP) is 4.51. The summed E-state index contributed by atoms with van der Waals surface area (Å²) in [6, 6.07) is 8.30. The zero-order chi connectivity index (χ0) is 25.5. The van der Waals surface area contributed by atoms with E-state index in [9.17, 15) is 9.59 Å². The highest BCUT2D eigenvalue weighted by Gasteiger charge is 2.21. The molecule has 1 amide bonds. The van der Waals surface area contributed by atoms with Crippen LogP contribution in [0.15, 0.2) is 29.6 Å². The van der Waals surface area contributed by atoms with Crippen LogP contribution in [0.3, 0.4) is 0 Å². The van der Waals surface area contributed by atoms with Crippen molar-refractivity contribution >= 4 is 23.2 Å². The molecule has 0 aliphatic carbocycles. The highest BCUT2D eigenvalue weighted by Crippen LogP contribution is 2.33. The molecule has 2 aromatic heterocycles. The van der Waals surface area contributed by atoms with Crippen molar-refractivity contribution in [1.82, 2.24) is 15.3 Å². The zero-order valence-corrected chi connectivity index (χ0v) is 21.9. The average molecular weight is 495 g/mol. The first kappa shape index (κ1) is 26.5. The summed E-state index contributed by atoms with van der Waals surface area (Å²) in [5.74, 6) is -0.165. The van der Waals surface area contributed by atoms with Crippen molar-refractivity contribution in [3.05, 3.63) is 68.4 Å². The second kappa shape index (κ2) is 12.0. The molecule has 7 nitrogen and oxygen atoms in total. The van der Waals surface area contributed by atoms with Gasteiger partial charge in [-0.05, 0) is 55.4 Å². The molecule has 0 unspecified atom stereocenters. The maximum absolute atomic E-state index is 13.0. The Balaban J connectivity index is 1.88. The van der Waals surface area contributed by atoms with Gasteiger partial charge >= 0.3 is 5.97 Å². The molecule has 2 heterocycles. The monoisotopic (exact) mass is 494 g/mol. The van der Waals surface area contributed by atoms with E-state index < -0.39 is 5.97 Å². The van der Waals surface area contributed by atoms with Crippen LogP contribution in [0.2, 0.25) is 0 Å². The topological polar surface area (TPSA) is 107 Å². The summed E-state index contributed by atoms with van der Waals surface area (Å²) in [6.45, 7) is 11.0. The van der Waals surface area contributed by atoms with Crippen molar-refractivity contribution in [2.45, 2.75) is 60.5 Å². The van der Waals surface area contributed by atoms with Crippen LogP contribution < -0.4 is 11.1 Å². The Hall–Kier alpha value is -3.10. The lowest BCUT2D eigenvalue weighted by atomic mass is 9.88. The van der Waals surface area contributed by atoms with Gasteiger partial charge in [0.05, 0.1) is 19.6 Å². The Morgan fingerprint density at radius 1 is 1.11 bits per heavy atom. The quantitative estimate of drug-likeness (QED) is 0.402. The lowest BCUT2D eigenvalue weighted by Crippen LogP contribution is -2.26. The Kier molecular flexibility index (Phi) is 9.12. The molecule has 1 aromatic carbocycles. The zero-order valence-electron chi connectivity index (χ0n) is 21.1. The lowest BCUT2D eigenvalue weighted by molar-refractivity contribution is -0.120. The van der Waals surface area contributed by atoms with Gasteiger partial charge in [0.15, 0.2) is 5.69 Å². The molecule has 0 atom stereocenters. The van der Waals surface area contributed by atoms with E-state index >= 15 is 0 Å². The van der Waals surface area contributed by atoms with Gasteiger partial charge in [0.1, 0.15) is 5.01 Å². The molecule has 3 rings (SSSR count). The molecule has 35 heavy (non-hydrogen) atoms. The van der Waals surface area contributed by atoms with Gasteiger partial charge in [-0.15, -0.1) is 11.3 Å². The van der Waals surface area contributed by atoms with Crippen LogP contribution in [-0.4, -0.2) is 28.5 Å². The summed E-state index contributed by atoms with van der Waals surface area (Å²) in [5, 5.41) is 5.22. The minimum absolute atomic E-state index is 0.143. The summed E-state index contributed by atoms with van der Waals surface area (Å²) < 4.78 is 4.98. The second-order valence-electron chi connectivity index (χ2n) is 8.94. The Morgan fingerprint density at radius 3 is 2.46 bits per heavy atom. The number of hydrogen-bond donors (Lipinski definition) is 2. The van der Waals surface area contributed by atoms with Crippen LogP contribution >= 0.6 is 11.3 Å². The van der Waals surface area contributed by atoms with Crippen molar-refractivity contribution in [1.29, 1.82) is 0 Å². The fraction of sp³-hybridized carbons (Fsp3) is 0.407. The molecule has 8 heteroatoms. The number of benzene rings is 1. The van der Waals surface area contributed by atoms with E-state index in [0.717, 1.165) is 40.1 Å². The van der Waals surface area contributed by atoms with Crippen LogP contribution in [0.1, 0.15) is 64.3 Å². The number of amides is 1. The first-order chi connectivity index (χ1) is 16.7. The average Bonchev–Trinajstić information content (AvgIpc) is 3.29. The molecule has 0 bridgehead atoms. The molecule has 0 radical (unpaired) electrons. The molecular formula is C27H34N4O3S. The van der Waals surface area contributed by atoms with Crippen LogP contribution in [0.25, 0.3) is 11.1 Å². The molecule has 0 fully saturated rings. The van der Waals surface area contributed by atoms with Gasteiger partial charge in [-0.2, -0.15) is 0 Å². The van der Waals surface area contributed by atoms with Gasteiger partial charge in [0, 0.05) is 23.3 Å². The molecule has 0 aliphatic heterocycles. The van der Waals surface area contributed by atoms with E-state index in [1.165, 1.54) is 16.9 Å². The smallest absolute Gasteiger partial charge is 0.357 e. The second-order valence-corrected chi connectivity index (χ2v) is 9.89. The van der Waals surface area contributed by atoms with Gasteiger partial charge in [-0.1, -0.05) is 43.7 Å². The van der Waals surface area contributed by atoms with Crippen molar-refractivity contribution in [3.63, 3.8) is 0 Å². The van der Waals surface area contributed by atoms with E-state index in [-0.39, 0.29) is 24.6 Å². The molecule has 186 valence electrons. The lowest BCUT2D eigenvalue weighted by Gasteiger charge is -2.21. The third kappa shape index (κ3) is 6.74. The largest absolute Gasteiger partial charge is 0.461 e. The van der Waals surface area contributed by atoms with Gasteiger partial charge in [0.25, 0.3) is 0 Å². The van der Waals surface area contributed by atoms with Crippen molar-refractivity contribution < 1.29 is 14.3 Å². The third-order valence-corrected chi connectivity index (χ3v) is 6.50. The number of hydrogen-bond acceptors (Lipinski definition) is 7. The van der Waals surface area contributed by atoms with Gasteiger partial charge < -0.3 is 15.8 Å². The Bertz CT molecular complexity index is 1190. The number of nitrogens with two attached hydrogens (primary N) is 1. The standard InChI is InChI=1S/C27H34N4O3S/c1-6-34-27(33)23-15-35-25(31-23)14-29-24(32)12-20-18(5)30-22(11-16(2)3)21(13-28)26(20)19-9-7-17(4)8-10-19/h7-10,15-16H,6,11-14,28H2,1-5H3,(H,29,32). The van der Waals surface area contributed by atoms with Gasteiger partial charge in [0.2, 0.25) is 5.91 Å². The maximum atomic E-state index is 13.0. The van der Waals surface area contributed by atoms with Crippen molar-refractivity contribution in [3.8, 4) is 11.1 Å². The van der Waals surface area contributed by atoms with Crippen LogP contribution in [-0.2, 0) is 35.5 Å². The molecular weight excluding hydrogens is 460 g/mol. The number of carbonyl (C=O) groups is 2. The van der Waals surface area contributed by atoms with Gasteiger partial charge in [-0.25, -0.2) is 9.78 Å². The SMILES string of the molecule is CCOC(=O)c1csc(CNC(=O)Cc2c(C)nc(CC(C)C)c(CN)c2-c2ccc(C)cc2)n1. The van der Waals surface area contributed by atoms with Crippen LogP contribution in [0, 0.1) is 19.8 Å². The summed E-state index contributed by atoms with van der Waals surface area (Å²) in [6.07, 6.45) is 0.999. The first-order valence-corrected chi connectivity index (χ1v) is 12.8. The van der Waals surface area contributed by atoms with Gasteiger partial charge in [-0.3, -0.25) is 9.78 Å². The normalized spacial score (nSPS) is 11.1. The Morgan fingerprint density at radius 2 is 1.83 bits per heavy atom. The number of aromatic nitrogens is 2. The first-order valence-electron chi connectivity index (χ1n) is 11.9. The van der Waals surface area contributed by atoms with E-state index in [2.05, 4.69) is 55.3 Å². The van der Waals surface area contributed by atoms with Crippen LogP contribution in [0.5, 0.6) is 0 Å². The fourth-order valence-corrected chi connectivity index (χ4v) is 4.70. The number of nitrogens with one attached hydrogen (secondary N) is 1. The number of thiazole rings is 1. The number of pyridine rings is 1. The van der Waals surface area contributed by atoms with Crippen molar-refractivity contribution in [2.24, 2.45) is 11.7 Å². The summed E-state index contributed by atoms with van der Waals surface area (Å²) >= 11 is 1.31. The minimum atomic E-state index is -0.457. The van der Waals surface area contributed by atoms with E-state index in [0.29, 0.717) is 24.1 Å². The number of rotatable bonds is 10. The number of esters is 1. The molecule has 3 aromatic rings. The molecule has 0 spiro atoms. The van der Waals surface area contributed by atoms with Crippen molar-refractivity contribution in [2.75, 3.05) is 6.61 Å². The third-order valence-electron chi connectivity index (χ3n) is 5.65. The maximum Gasteiger partial charge on any atom is 0.357 e. The summed E-state index contributed by atoms with van der Waals surface area (Å²) in [7, 11) is 0. The highest BCUT2D eigenvalue weighted by atomic mass is 32.1. The molecule has 0 saturated heterocycles. The van der Waals surface area contributed by atoms with Crippen LogP contribution in [0.4, 0.5) is 0 Å². The fourth-order valence-electron chi connectivity index (χ4n) is 3.99.